The van der Waals surface area contributed by atoms with Crippen molar-refractivity contribution in [3.8, 4) is 0 Å². The highest BCUT2D eigenvalue weighted by Gasteiger charge is 2.49. The highest BCUT2D eigenvalue weighted by atomic mass is 32.2. The van der Waals surface area contributed by atoms with Gasteiger partial charge in [-0.1, -0.05) is 30.3 Å². The molecule has 0 saturated carbocycles. The lowest BCUT2D eigenvalue weighted by Crippen LogP contribution is -2.67. The summed E-state index contributed by atoms with van der Waals surface area (Å²) in [7, 11) is -3.20. The molecular weight excluding hydrogens is 360 g/mol. The quantitative estimate of drug-likeness (QED) is 0.858. The van der Waals surface area contributed by atoms with Gasteiger partial charge in [0.1, 0.15) is 0 Å². The Balaban J connectivity index is 1.58. The van der Waals surface area contributed by atoms with E-state index in [4.69, 9.17) is 0 Å². The molecule has 1 aromatic carbocycles. The number of nitrogens with zero attached hydrogens (tertiary/aromatic N) is 2. The minimum absolute atomic E-state index is 0.0889. The highest BCUT2D eigenvalue weighted by Crippen LogP contribution is 2.42. The maximum Gasteiger partial charge on any atom is 0.211 e. The standard InChI is InChI=1S/C21H30N2O3S/c1-27(25,26)22-12-4-5-13-23-19(14-22)21(20(23)15-24)18-10-8-17(9-11-18)16-6-2-3-7-16/h6,8-11,19-21,24H,2-5,7,12-15H2,1H3/t19-,20-,21-/m0/s1. The van der Waals surface area contributed by atoms with E-state index in [-0.39, 0.29) is 24.6 Å². The second kappa shape index (κ2) is 7.66. The summed E-state index contributed by atoms with van der Waals surface area (Å²) in [5.74, 6) is 0.184. The molecule has 0 aromatic heterocycles. The van der Waals surface area contributed by atoms with E-state index < -0.39 is 10.0 Å². The number of aliphatic hydroxyl groups excluding tert-OH is 1. The molecule has 2 fully saturated rings. The van der Waals surface area contributed by atoms with Crippen LogP contribution in [-0.2, 0) is 10.0 Å². The first-order valence-electron chi connectivity index (χ1n) is 10.1. The molecule has 0 radical (unpaired) electrons. The van der Waals surface area contributed by atoms with Crippen LogP contribution in [0.5, 0.6) is 0 Å². The van der Waals surface area contributed by atoms with Crippen LogP contribution >= 0.6 is 0 Å². The number of allylic oxidation sites excluding steroid dienone is 2. The first-order chi connectivity index (χ1) is 13.0. The van der Waals surface area contributed by atoms with Gasteiger partial charge < -0.3 is 5.11 Å². The van der Waals surface area contributed by atoms with Gasteiger partial charge in [0.15, 0.2) is 0 Å². The molecule has 4 rings (SSSR count). The van der Waals surface area contributed by atoms with E-state index in [1.165, 1.54) is 35.8 Å². The van der Waals surface area contributed by atoms with Crippen molar-refractivity contribution in [1.29, 1.82) is 0 Å². The van der Waals surface area contributed by atoms with E-state index in [2.05, 4.69) is 35.2 Å². The molecule has 27 heavy (non-hydrogen) atoms. The van der Waals surface area contributed by atoms with Gasteiger partial charge in [-0.05, 0) is 55.3 Å². The number of hydrogen-bond acceptors (Lipinski definition) is 4. The van der Waals surface area contributed by atoms with Crippen LogP contribution in [0.2, 0.25) is 0 Å². The van der Waals surface area contributed by atoms with Crippen LogP contribution in [0, 0.1) is 0 Å². The Bertz CT molecular complexity index is 803. The molecule has 148 valence electrons. The summed E-state index contributed by atoms with van der Waals surface area (Å²) >= 11 is 0. The molecule has 1 aromatic rings. The van der Waals surface area contributed by atoms with Crippen LogP contribution in [0.4, 0.5) is 0 Å². The summed E-state index contributed by atoms with van der Waals surface area (Å²) in [6.45, 7) is 2.18. The summed E-state index contributed by atoms with van der Waals surface area (Å²) in [5, 5.41) is 9.99. The topological polar surface area (TPSA) is 60.9 Å². The Hall–Kier alpha value is -1.21. The number of fused-ring (bicyclic) bond motifs is 1. The van der Waals surface area contributed by atoms with Gasteiger partial charge in [0, 0.05) is 31.1 Å². The Morgan fingerprint density at radius 3 is 2.48 bits per heavy atom. The number of aliphatic hydroxyl groups is 1. The van der Waals surface area contributed by atoms with E-state index in [0.29, 0.717) is 13.1 Å². The van der Waals surface area contributed by atoms with Gasteiger partial charge in [0.05, 0.1) is 12.9 Å². The van der Waals surface area contributed by atoms with E-state index in [0.717, 1.165) is 25.8 Å². The third kappa shape index (κ3) is 3.73. The molecule has 1 aliphatic carbocycles. The van der Waals surface area contributed by atoms with E-state index in [9.17, 15) is 13.5 Å². The molecule has 0 unspecified atom stereocenters. The summed E-state index contributed by atoms with van der Waals surface area (Å²) in [4.78, 5) is 2.31. The van der Waals surface area contributed by atoms with E-state index >= 15 is 0 Å². The lowest BCUT2D eigenvalue weighted by atomic mass is 9.74. The van der Waals surface area contributed by atoms with Crippen molar-refractivity contribution in [2.75, 3.05) is 32.5 Å². The maximum absolute atomic E-state index is 12.2. The average molecular weight is 391 g/mol. The van der Waals surface area contributed by atoms with Gasteiger partial charge in [-0.3, -0.25) is 4.90 Å². The molecule has 2 heterocycles. The molecule has 2 saturated heterocycles. The Kier molecular flexibility index (Phi) is 5.43. The fourth-order valence-electron chi connectivity index (χ4n) is 5.06. The second-order valence-electron chi connectivity index (χ2n) is 8.15. The fourth-order valence-corrected chi connectivity index (χ4v) is 5.95. The van der Waals surface area contributed by atoms with Gasteiger partial charge in [-0.15, -0.1) is 0 Å². The third-order valence-corrected chi connectivity index (χ3v) is 7.78. The van der Waals surface area contributed by atoms with E-state index in [1.54, 1.807) is 4.31 Å². The lowest BCUT2D eigenvalue weighted by Gasteiger charge is -2.57. The minimum Gasteiger partial charge on any atom is -0.395 e. The number of rotatable bonds is 4. The molecule has 0 bridgehead atoms. The predicted octanol–water partition coefficient (Wildman–Crippen LogP) is 2.44. The highest BCUT2D eigenvalue weighted by molar-refractivity contribution is 7.88. The van der Waals surface area contributed by atoms with Crippen LogP contribution in [0.3, 0.4) is 0 Å². The normalized spacial score (nSPS) is 30.1. The summed E-state index contributed by atoms with van der Waals surface area (Å²) < 4.78 is 26.0. The zero-order valence-corrected chi connectivity index (χ0v) is 16.9. The zero-order valence-electron chi connectivity index (χ0n) is 16.0. The molecule has 5 nitrogen and oxygen atoms in total. The first kappa shape index (κ1) is 19.1. The van der Waals surface area contributed by atoms with Crippen LogP contribution in [0.1, 0.15) is 49.1 Å². The van der Waals surface area contributed by atoms with Crippen molar-refractivity contribution in [2.24, 2.45) is 0 Å². The Morgan fingerprint density at radius 1 is 1.11 bits per heavy atom. The van der Waals surface area contributed by atoms with Crippen molar-refractivity contribution in [1.82, 2.24) is 9.21 Å². The van der Waals surface area contributed by atoms with Crippen LogP contribution in [0.15, 0.2) is 30.3 Å². The Morgan fingerprint density at radius 2 is 1.85 bits per heavy atom. The minimum atomic E-state index is -3.20. The van der Waals surface area contributed by atoms with E-state index in [1.807, 2.05) is 0 Å². The summed E-state index contributed by atoms with van der Waals surface area (Å²) in [5.41, 5.74) is 3.94. The smallest absolute Gasteiger partial charge is 0.211 e. The van der Waals surface area contributed by atoms with Crippen molar-refractivity contribution in [3.05, 3.63) is 41.5 Å². The molecule has 2 aliphatic heterocycles. The molecule has 3 atom stereocenters. The van der Waals surface area contributed by atoms with Gasteiger partial charge in [0.2, 0.25) is 10.0 Å². The van der Waals surface area contributed by atoms with Crippen molar-refractivity contribution in [3.63, 3.8) is 0 Å². The first-order valence-corrected chi connectivity index (χ1v) is 11.9. The predicted molar refractivity (Wildman–Crippen MR) is 108 cm³/mol. The average Bonchev–Trinajstić information content (AvgIpc) is 3.14. The zero-order chi connectivity index (χ0) is 19.0. The third-order valence-electron chi connectivity index (χ3n) is 6.51. The van der Waals surface area contributed by atoms with Crippen molar-refractivity contribution in [2.45, 2.75) is 50.1 Å². The summed E-state index contributed by atoms with van der Waals surface area (Å²) in [6.07, 6.45) is 9.05. The van der Waals surface area contributed by atoms with Gasteiger partial charge in [-0.2, -0.15) is 0 Å². The molecule has 0 spiro atoms. The number of sulfonamides is 1. The molecule has 6 heteroatoms. The maximum atomic E-state index is 12.2. The lowest BCUT2D eigenvalue weighted by molar-refractivity contribution is -0.0553. The number of hydrogen-bond donors (Lipinski definition) is 1. The molecule has 3 aliphatic rings. The Labute approximate surface area is 162 Å². The van der Waals surface area contributed by atoms with Gasteiger partial charge >= 0.3 is 0 Å². The molecular formula is C21H30N2O3S. The van der Waals surface area contributed by atoms with Crippen molar-refractivity contribution >= 4 is 15.6 Å². The van der Waals surface area contributed by atoms with Gasteiger partial charge in [0.25, 0.3) is 0 Å². The van der Waals surface area contributed by atoms with Crippen LogP contribution in [0.25, 0.3) is 5.57 Å². The van der Waals surface area contributed by atoms with Crippen LogP contribution < -0.4 is 0 Å². The SMILES string of the molecule is CS(=O)(=O)N1CCCCN2[C@@H](CO)[C@@H](c3ccc(C4=CCCC4)cc3)[C@@H]2C1. The molecule has 0 amide bonds. The number of benzene rings is 1. The second-order valence-corrected chi connectivity index (χ2v) is 10.1. The molecule has 1 N–H and O–H groups in total. The van der Waals surface area contributed by atoms with Crippen molar-refractivity contribution < 1.29 is 13.5 Å². The largest absolute Gasteiger partial charge is 0.395 e. The van der Waals surface area contributed by atoms with Crippen LogP contribution in [-0.4, -0.2) is 67.3 Å². The monoisotopic (exact) mass is 390 g/mol. The summed E-state index contributed by atoms with van der Waals surface area (Å²) in [6, 6.07) is 8.99. The van der Waals surface area contributed by atoms with Gasteiger partial charge in [-0.25, -0.2) is 12.7 Å². The fraction of sp³-hybridized carbons (Fsp3) is 0.619.